The van der Waals surface area contributed by atoms with Crippen molar-refractivity contribution < 1.29 is 19.0 Å². The zero-order chi connectivity index (χ0) is 20.3. The maximum absolute atomic E-state index is 12.8. The Bertz CT molecular complexity index is 899. The van der Waals surface area contributed by atoms with Gasteiger partial charge in [-0.05, 0) is 31.0 Å². The summed E-state index contributed by atoms with van der Waals surface area (Å²) in [5.74, 6) is 2.21. The quantitative estimate of drug-likeness (QED) is 0.810. The van der Waals surface area contributed by atoms with Crippen LogP contribution in [0.25, 0.3) is 0 Å². The average molecular weight is 387 g/mol. The van der Waals surface area contributed by atoms with E-state index < -0.39 is 0 Å². The summed E-state index contributed by atoms with van der Waals surface area (Å²) in [6.07, 6.45) is 1.02. The molecule has 0 bridgehead atoms. The summed E-state index contributed by atoms with van der Waals surface area (Å²) in [5, 5.41) is 0. The van der Waals surface area contributed by atoms with Gasteiger partial charge in [0.05, 0.1) is 33.4 Å². The third kappa shape index (κ3) is 4.11. The van der Waals surface area contributed by atoms with Gasteiger partial charge in [-0.2, -0.15) is 0 Å². The first-order chi connectivity index (χ1) is 13.4. The van der Waals surface area contributed by atoms with E-state index >= 15 is 0 Å². The molecule has 1 fully saturated rings. The molecule has 28 heavy (non-hydrogen) atoms. The van der Waals surface area contributed by atoms with Crippen molar-refractivity contribution in [2.45, 2.75) is 25.7 Å². The number of ether oxygens (including phenoxy) is 3. The molecule has 1 saturated heterocycles. The van der Waals surface area contributed by atoms with Gasteiger partial charge in [-0.25, -0.2) is 4.98 Å². The van der Waals surface area contributed by atoms with Crippen molar-refractivity contribution >= 4 is 5.91 Å². The lowest BCUT2D eigenvalue weighted by Crippen LogP contribution is -2.30. The first-order valence-corrected chi connectivity index (χ1v) is 9.09. The largest absolute Gasteiger partial charge is 0.493 e. The van der Waals surface area contributed by atoms with Crippen LogP contribution in [-0.4, -0.2) is 55.2 Å². The number of amides is 1. The van der Waals surface area contributed by atoms with Gasteiger partial charge < -0.3 is 24.1 Å². The SMILES string of the molecule is COc1cc(CC(=O)N2CCC(c3cc(=O)[nH]c(C)n3)C2)cc(OC)c1OC. The van der Waals surface area contributed by atoms with Crippen LogP contribution in [-0.2, 0) is 11.2 Å². The van der Waals surface area contributed by atoms with Gasteiger partial charge in [0.25, 0.3) is 5.56 Å². The summed E-state index contributed by atoms with van der Waals surface area (Å²) in [4.78, 5) is 33.4. The molecule has 1 aromatic carbocycles. The number of nitrogens with zero attached hydrogens (tertiary/aromatic N) is 2. The lowest BCUT2D eigenvalue weighted by molar-refractivity contribution is -0.129. The number of rotatable bonds is 6. The summed E-state index contributed by atoms with van der Waals surface area (Å²) in [7, 11) is 4.63. The van der Waals surface area contributed by atoms with E-state index in [1.165, 1.54) is 6.07 Å². The molecule has 8 heteroatoms. The van der Waals surface area contributed by atoms with Crippen molar-refractivity contribution in [3.05, 3.63) is 45.6 Å². The fraction of sp³-hybridized carbons (Fsp3) is 0.450. The number of H-pyrrole nitrogens is 1. The Kier molecular flexibility index (Phi) is 5.87. The van der Waals surface area contributed by atoms with Crippen molar-refractivity contribution in [1.29, 1.82) is 0 Å². The lowest BCUT2D eigenvalue weighted by atomic mass is 10.0. The first-order valence-electron chi connectivity index (χ1n) is 9.09. The molecule has 3 rings (SSSR count). The van der Waals surface area contributed by atoms with E-state index in [1.54, 1.807) is 40.4 Å². The molecule has 1 aliphatic heterocycles. The number of aromatic amines is 1. The molecule has 1 atom stereocenters. The number of methoxy groups -OCH3 is 3. The molecule has 1 N–H and O–H groups in total. The standard InChI is InChI=1S/C20H25N3O5/c1-12-21-15(10-18(24)22-12)14-5-6-23(11-14)19(25)9-13-7-16(26-2)20(28-4)17(8-13)27-3/h7-8,10,14H,5-6,9,11H2,1-4H3,(H,21,22,24). The molecule has 0 aliphatic carbocycles. The molecule has 1 aromatic heterocycles. The zero-order valence-electron chi connectivity index (χ0n) is 16.6. The van der Waals surface area contributed by atoms with Crippen molar-refractivity contribution in [3.8, 4) is 17.2 Å². The third-order valence-corrected chi connectivity index (χ3v) is 4.92. The Morgan fingerprint density at radius 3 is 2.43 bits per heavy atom. The van der Waals surface area contributed by atoms with Gasteiger partial charge >= 0.3 is 0 Å². The van der Waals surface area contributed by atoms with Gasteiger partial charge in [0.2, 0.25) is 11.7 Å². The molecule has 0 spiro atoms. The van der Waals surface area contributed by atoms with E-state index in [0.29, 0.717) is 36.2 Å². The number of nitrogens with one attached hydrogen (secondary N) is 1. The number of aromatic nitrogens is 2. The molecular weight excluding hydrogens is 362 g/mol. The highest BCUT2D eigenvalue weighted by Gasteiger charge is 2.29. The molecule has 2 aromatic rings. The Morgan fingerprint density at radius 1 is 1.18 bits per heavy atom. The number of aryl methyl sites for hydroxylation is 1. The smallest absolute Gasteiger partial charge is 0.251 e. The van der Waals surface area contributed by atoms with Gasteiger partial charge in [-0.15, -0.1) is 0 Å². The van der Waals surface area contributed by atoms with Crippen molar-refractivity contribution in [1.82, 2.24) is 14.9 Å². The summed E-state index contributed by atoms with van der Waals surface area (Å²) < 4.78 is 16.0. The highest BCUT2D eigenvalue weighted by Crippen LogP contribution is 2.38. The molecular formula is C20H25N3O5. The Morgan fingerprint density at radius 2 is 1.86 bits per heavy atom. The van der Waals surface area contributed by atoms with E-state index in [0.717, 1.165) is 17.7 Å². The highest BCUT2D eigenvalue weighted by molar-refractivity contribution is 5.79. The van der Waals surface area contributed by atoms with E-state index in [-0.39, 0.29) is 23.8 Å². The van der Waals surface area contributed by atoms with Gasteiger partial charge in [0.15, 0.2) is 11.5 Å². The Balaban J connectivity index is 1.73. The number of carbonyl (C=O) groups is 1. The number of hydrogen-bond acceptors (Lipinski definition) is 6. The van der Waals surface area contributed by atoms with E-state index in [4.69, 9.17) is 14.2 Å². The van der Waals surface area contributed by atoms with Crippen LogP contribution in [0, 0.1) is 6.92 Å². The number of carbonyl (C=O) groups excluding carboxylic acids is 1. The van der Waals surface area contributed by atoms with Gasteiger partial charge in [-0.1, -0.05) is 0 Å². The minimum absolute atomic E-state index is 0.0123. The summed E-state index contributed by atoms with van der Waals surface area (Å²) >= 11 is 0. The molecule has 1 amide bonds. The van der Waals surface area contributed by atoms with Crippen molar-refractivity contribution in [2.75, 3.05) is 34.4 Å². The maximum Gasteiger partial charge on any atom is 0.251 e. The fourth-order valence-corrected chi connectivity index (χ4v) is 3.56. The molecule has 8 nitrogen and oxygen atoms in total. The summed E-state index contributed by atoms with van der Waals surface area (Å²) in [6.45, 7) is 2.95. The molecule has 2 heterocycles. The van der Waals surface area contributed by atoms with Crippen LogP contribution in [0.1, 0.15) is 29.4 Å². The second-order valence-electron chi connectivity index (χ2n) is 6.79. The summed E-state index contributed by atoms with van der Waals surface area (Å²) in [6, 6.07) is 5.09. The predicted octanol–water partition coefficient (Wildman–Crippen LogP) is 1.66. The van der Waals surface area contributed by atoms with Crippen LogP contribution < -0.4 is 19.8 Å². The molecule has 0 radical (unpaired) electrons. The minimum atomic E-state index is -0.162. The molecule has 150 valence electrons. The van der Waals surface area contributed by atoms with Gasteiger partial charge in [0, 0.05) is 25.1 Å². The third-order valence-electron chi connectivity index (χ3n) is 4.92. The molecule has 1 unspecified atom stereocenters. The monoisotopic (exact) mass is 387 g/mol. The van der Waals surface area contributed by atoms with E-state index in [1.807, 2.05) is 4.90 Å². The van der Waals surface area contributed by atoms with Crippen LogP contribution in [0.4, 0.5) is 0 Å². The fourth-order valence-electron chi connectivity index (χ4n) is 3.56. The lowest BCUT2D eigenvalue weighted by Gasteiger charge is -2.18. The average Bonchev–Trinajstić information content (AvgIpc) is 3.16. The summed E-state index contributed by atoms with van der Waals surface area (Å²) in [5.41, 5.74) is 1.36. The normalized spacial score (nSPS) is 16.1. The van der Waals surface area contributed by atoms with Crippen LogP contribution in [0.15, 0.2) is 23.0 Å². The highest BCUT2D eigenvalue weighted by atomic mass is 16.5. The van der Waals surface area contributed by atoms with Crippen LogP contribution in [0.5, 0.6) is 17.2 Å². The second-order valence-corrected chi connectivity index (χ2v) is 6.79. The zero-order valence-corrected chi connectivity index (χ0v) is 16.6. The van der Waals surface area contributed by atoms with E-state index in [2.05, 4.69) is 9.97 Å². The van der Waals surface area contributed by atoms with Gasteiger partial charge in [-0.3, -0.25) is 9.59 Å². The number of likely N-dealkylation sites (tertiary alicyclic amines) is 1. The maximum atomic E-state index is 12.8. The van der Waals surface area contributed by atoms with Crippen molar-refractivity contribution in [3.63, 3.8) is 0 Å². The first kappa shape index (κ1) is 19.7. The Hall–Kier alpha value is -3.03. The number of hydrogen-bond donors (Lipinski definition) is 1. The van der Waals surface area contributed by atoms with E-state index in [9.17, 15) is 9.59 Å². The second kappa shape index (κ2) is 8.33. The topological polar surface area (TPSA) is 93.8 Å². The van der Waals surface area contributed by atoms with Gasteiger partial charge in [0.1, 0.15) is 5.82 Å². The number of benzene rings is 1. The molecule has 1 aliphatic rings. The predicted molar refractivity (Wildman–Crippen MR) is 103 cm³/mol. The molecule has 0 saturated carbocycles. The minimum Gasteiger partial charge on any atom is -0.493 e. The Labute approximate surface area is 163 Å². The van der Waals surface area contributed by atoms with Crippen LogP contribution in [0.3, 0.4) is 0 Å². The van der Waals surface area contributed by atoms with Crippen molar-refractivity contribution in [2.24, 2.45) is 0 Å². The van der Waals surface area contributed by atoms with Crippen LogP contribution >= 0.6 is 0 Å². The van der Waals surface area contributed by atoms with Crippen LogP contribution in [0.2, 0.25) is 0 Å².